The zero-order valence-corrected chi connectivity index (χ0v) is 16.8. The van der Waals surface area contributed by atoms with Gasteiger partial charge in [0.25, 0.3) is 5.91 Å². The van der Waals surface area contributed by atoms with E-state index in [9.17, 15) is 4.79 Å². The molecule has 1 saturated heterocycles. The van der Waals surface area contributed by atoms with Crippen LogP contribution in [0.2, 0.25) is 0 Å². The zero-order valence-electron chi connectivity index (χ0n) is 16.8. The predicted molar refractivity (Wildman–Crippen MR) is 117 cm³/mol. The lowest BCUT2D eigenvalue weighted by Gasteiger charge is -2.17. The highest BCUT2D eigenvalue weighted by Gasteiger charge is 2.13. The van der Waals surface area contributed by atoms with Crippen LogP contribution in [0.5, 0.6) is 0 Å². The minimum atomic E-state index is -0.258. The molecule has 1 fully saturated rings. The van der Waals surface area contributed by atoms with Crippen LogP contribution in [0, 0.1) is 13.8 Å². The minimum absolute atomic E-state index is 0.258. The van der Waals surface area contributed by atoms with Gasteiger partial charge in [0.1, 0.15) is 17.8 Å². The fourth-order valence-corrected chi connectivity index (χ4v) is 3.62. The molecule has 29 heavy (non-hydrogen) atoms. The largest absolute Gasteiger partial charge is 0.372 e. The lowest BCUT2D eigenvalue weighted by atomic mass is 10.1. The average molecular weight is 387 g/mol. The second kappa shape index (κ2) is 8.31. The van der Waals surface area contributed by atoms with Gasteiger partial charge in [0, 0.05) is 36.2 Å². The lowest BCUT2D eigenvalue weighted by molar-refractivity contribution is 0.102. The molecule has 6 nitrogen and oxygen atoms in total. The molecule has 0 unspecified atom stereocenters. The molecule has 1 amide bonds. The standard InChI is InChI=1S/C23H25N5O/c1-16-6-5-7-17(2)22(16)27-21-14-20(24-15-25-21)23(29)26-18-8-10-19(11-9-18)28-12-3-4-13-28/h5-11,14-15H,3-4,12-13H2,1-2H3,(H,26,29)(H,24,25,27). The summed E-state index contributed by atoms with van der Waals surface area (Å²) in [5, 5.41) is 6.22. The molecule has 6 heteroatoms. The number of rotatable bonds is 5. The molecule has 0 bridgehead atoms. The average Bonchev–Trinajstić information content (AvgIpc) is 3.26. The van der Waals surface area contributed by atoms with Gasteiger partial charge >= 0.3 is 0 Å². The van der Waals surface area contributed by atoms with Gasteiger partial charge in [-0.05, 0) is 62.1 Å². The van der Waals surface area contributed by atoms with Crippen molar-refractivity contribution in [2.24, 2.45) is 0 Å². The number of hydrogen-bond acceptors (Lipinski definition) is 5. The van der Waals surface area contributed by atoms with E-state index in [2.05, 4.69) is 37.6 Å². The highest BCUT2D eigenvalue weighted by molar-refractivity contribution is 6.03. The Morgan fingerprint density at radius 2 is 1.66 bits per heavy atom. The molecule has 0 radical (unpaired) electrons. The van der Waals surface area contributed by atoms with E-state index in [-0.39, 0.29) is 5.91 Å². The van der Waals surface area contributed by atoms with Gasteiger partial charge in [0.15, 0.2) is 0 Å². The Kier molecular flexibility index (Phi) is 5.42. The number of carbonyl (C=O) groups excluding carboxylic acids is 1. The van der Waals surface area contributed by atoms with Crippen LogP contribution in [0.25, 0.3) is 0 Å². The van der Waals surface area contributed by atoms with Crippen molar-refractivity contribution in [2.75, 3.05) is 28.6 Å². The summed E-state index contributed by atoms with van der Waals surface area (Å²) in [6, 6.07) is 15.7. The van der Waals surface area contributed by atoms with Crippen molar-refractivity contribution in [3.05, 3.63) is 71.7 Å². The number of nitrogens with one attached hydrogen (secondary N) is 2. The molecule has 0 atom stereocenters. The molecule has 4 rings (SSSR count). The highest BCUT2D eigenvalue weighted by Crippen LogP contribution is 2.24. The molecule has 1 aliphatic rings. The molecule has 1 aromatic heterocycles. The van der Waals surface area contributed by atoms with Crippen molar-refractivity contribution >= 4 is 28.8 Å². The first-order valence-corrected chi connectivity index (χ1v) is 9.92. The van der Waals surface area contributed by atoms with Crippen molar-refractivity contribution < 1.29 is 4.79 Å². The summed E-state index contributed by atoms with van der Waals surface area (Å²) in [6.45, 7) is 6.28. The summed E-state index contributed by atoms with van der Waals surface area (Å²) < 4.78 is 0. The number of aryl methyl sites for hydroxylation is 2. The van der Waals surface area contributed by atoms with E-state index in [4.69, 9.17) is 0 Å². The first-order valence-electron chi connectivity index (χ1n) is 9.92. The fourth-order valence-electron chi connectivity index (χ4n) is 3.62. The number of para-hydroxylation sites is 1. The van der Waals surface area contributed by atoms with Crippen molar-refractivity contribution in [3.63, 3.8) is 0 Å². The maximum atomic E-state index is 12.7. The third kappa shape index (κ3) is 4.37. The second-order valence-corrected chi connectivity index (χ2v) is 7.38. The maximum absolute atomic E-state index is 12.7. The molecule has 0 saturated carbocycles. The Bertz CT molecular complexity index is 990. The second-order valence-electron chi connectivity index (χ2n) is 7.38. The molecule has 2 heterocycles. The first-order chi connectivity index (χ1) is 14.1. The normalized spacial score (nSPS) is 13.4. The van der Waals surface area contributed by atoms with E-state index < -0.39 is 0 Å². The summed E-state index contributed by atoms with van der Waals surface area (Å²) in [7, 11) is 0. The summed E-state index contributed by atoms with van der Waals surface area (Å²) in [6.07, 6.45) is 3.89. The van der Waals surface area contributed by atoms with Crippen molar-refractivity contribution in [1.82, 2.24) is 9.97 Å². The third-order valence-corrected chi connectivity index (χ3v) is 5.23. The van der Waals surface area contributed by atoms with Crippen LogP contribution < -0.4 is 15.5 Å². The van der Waals surface area contributed by atoms with Crippen LogP contribution in [-0.4, -0.2) is 29.0 Å². The number of aromatic nitrogens is 2. The van der Waals surface area contributed by atoms with Crippen molar-refractivity contribution in [1.29, 1.82) is 0 Å². The summed E-state index contributed by atoms with van der Waals surface area (Å²) in [4.78, 5) is 23.4. The van der Waals surface area contributed by atoms with Gasteiger partial charge in [0.2, 0.25) is 0 Å². The summed E-state index contributed by atoms with van der Waals surface area (Å²) in [5.74, 6) is 0.331. The third-order valence-electron chi connectivity index (χ3n) is 5.23. The van der Waals surface area contributed by atoms with Crippen molar-refractivity contribution in [3.8, 4) is 0 Å². The molecule has 2 aromatic carbocycles. The SMILES string of the molecule is Cc1cccc(C)c1Nc1cc(C(=O)Nc2ccc(N3CCCC3)cc2)ncn1. The van der Waals surface area contributed by atoms with E-state index in [1.807, 2.05) is 44.2 Å². The quantitative estimate of drug-likeness (QED) is 0.665. The molecule has 0 aliphatic carbocycles. The van der Waals surface area contributed by atoms with Crippen LogP contribution in [-0.2, 0) is 0 Å². The van der Waals surface area contributed by atoms with Crippen LogP contribution >= 0.6 is 0 Å². The Labute approximate surface area is 171 Å². The van der Waals surface area contributed by atoms with E-state index in [0.29, 0.717) is 11.5 Å². The minimum Gasteiger partial charge on any atom is -0.372 e. The Morgan fingerprint density at radius 3 is 2.34 bits per heavy atom. The van der Waals surface area contributed by atoms with Gasteiger partial charge in [-0.15, -0.1) is 0 Å². The number of hydrogen-bond donors (Lipinski definition) is 2. The topological polar surface area (TPSA) is 70.2 Å². The number of anilines is 4. The summed E-state index contributed by atoms with van der Waals surface area (Å²) >= 11 is 0. The van der Waals surface area contributed by atoms with E-state index in [1.54, 1.807) is 6.07 Å². The Hall–Kier alpha value is -3.41. The lowest BCUT2D eigenvalue weighted by Crippen LogP contribution is -2.18. The predicted octanol–water partition coefficient (Wildman–Crippen LogP) is 4.69. The van der Waals surface area contributed by atoms with Gasteiger partial charge < -0.3 is 15.5 Å². The molecular weight excluding hydrogens is 362 g/mol. The van der Waals surface area contributed by atoms with Crippen LogP contribution in [0.15, 0.2) is 54.9 Å². The fraction of sp³-hybridized carbons (Fsp3) is 0.261. The number of benzene rings is 2. The highest BCUT2D eigenvalue weighted by atomic mass is 16.1. The Balaban J connectivity index is 1.46. The first kappa shape index (κ1) is 18.9. The summed E-state index contributed by atoms with van der Waals surface area (Å²) in [5.41, 5.74) is 5.50. The smallest absolute Gasteiger partial charge is 0.274 e. The number of nitrogens with zero attached hydrogens (tertiary/aromatic N) is 3. The van der Waals surface area contributed by atoms with Gasteiger partial charge in [-0.3, -0.25) is 4.79 Å². The molecule has 2 N–H and O–H groups in total. The molecule has 3 aromatic rings. The van der Waals surface area contributed by atoms with E-state index in [0.717, 1.165) is 35.6 Å². The molecule has 1 aliphatic heterocycles. The van der Waals surface area contributed by atoms with Crippen LogP contribution in [0.1, 0.15) is 34.5 Å². The molecule has 148 valence electrons. The van der Waals surface area contributed by atoms with Gasteiger partial charge in [-0.25, -0.2) is 9.97 Å². The maximum Gasteiger partial charge on any atom is 0.274 e. The van der Waals surface area contributed by atoms with Crippen molar-refractivity contribution in [2.45, 2.75) is 26.7 Å². The zero-order chi connectivity index (χ0) is 20.2. The molecule has 0 spiro atoms. The van der Waals surface area contributed by atoms with Crippen LogP contribution in [0.3, 0.4) is 0 Å². The van der Waals surface area contributed by atoms with Gasteiger partial charge in [0.05, 0.1) is 0 Å². The van der Waals surface area contributed by atoms with Gasteiger partial charge in [-0.2, -0.15) is 0 Å². The Morgan fingerprint density at radius 1 is 0.966 bits per heavy atom. The number of carbonyl (C=O) groups is 1. The monoisotopic (exact) mass is 387 g/mol. The molecular formula is C23H25N5O. The van der Waals surface area contributed by atoms with Crippen LogP contribution in [0.4, 0.5) is 22.9 Å². The van der Waals surface area contributed by atoms with Gasteiger partial charge in [-0.1, -0.05) is 18.2 Å². The van der Waals surface area contributed by atoms with E-state index in [1.165, 1.54) is 24.9 Å². The van der Waals surface area contributed by atoms with E-state index >= 15 is 0 Å². The number of amides is 1.